The number of carbonyl (C=O) groups is 1. The van der Waals surface area contributed by atoms with Gasteiger partial charge in [-0.05, 0) is 49.7 Å². The van der Waals surface area contributed by atoms with Crippen molar-refractivity contribution in [1.82, 2.24) is 19.5 Å². The van der Waals surface area contributed by atoms with E-state index in [4.69, 9.17) is 15.2 Å². The first-order chi connectivity index (χ1) is 19.2. The SMILES string of the molecule is CCc1nn2c(C)cc(N3CCN(C(=O)[C@H](O)CO)CC3)cc2c1N(C)c1nc(-c2ccc(F)cc2)c(C#N)s1. The molecule has 208 valence electrons. The lowest BCUT2D eigenvalue weighted by Crippen LogP contribution is -2.52. The van der Waals surface area contributed by atoms with E-state index in [1.54, 1.807) is 17.0 Å². The maximum atomic E-state index is 13.5. The average Bonchev–Trinajstić information content (AvgIpc) is 3.58. The summed E-state index contributed by atoms with van der Waals surface area (Å²) >= 11 is 1.27. The van der Waals surface area contributed by atoms with Gasteiger partial charge in [0.15, 0.2) is 11.2 Å². The lowest BCUT2D eigenvalue weighted by atomic mass is 10.1. The van der Waals surface area contributed by atoms with Gasteiger partial charge < -0.3 is 24.9 Å². The number of hydrogen-bond acceptors (Lipinski definition) is 9. The smallest absolute Gasteiger partial charge is 0.253 e. The second-order valence-electron chi connectivity index (χ2n) is 9.66. The second-order valence-corrected chi connectivity index (χ2v) is 10.6. The summed E-state index contributed by atoms with van der Waals surface area (Å²) in [5, 5.41) is 34.1. The Kier molecular flexibility index (Phi) is 7.71. The Morgan fingerprint density at radius 1 is 1.23 bits per heavy atom. The van der Waals surface area contributed by atoms with Crippen molar-refractivity contribution < 1.29 is 19.4 Å². The van der Waals surface area contributed by atoms with Gasteiger partial charge in [0.25, 0.3) is 5.91 Å². The van der Waals surface area contributed by atoms with Gasteiger partial charge in [0.05, 0.1) is 23.5 Å². The van der Waals surface area contributed by atoms with E-state index in [1.165, 1.54) is 23.5 Å². The molecule has 0 saturated carbocycles. The van der Waals surface area contributed by atoms with Crippen molar-refractivity contribution >= 4 is 39.3 Å². The van der Waals surface area contributed by atoms with E-state index >= 15 is 0 Å². The number of amides is 1. The summed E-state index contributed by atoms with van der Waals surface area (Å²) in [7, 11) is 1.91. The maximum absolute atomic E-state index is 13.5. The van der Waals surface area contributed by atoms with Crippen LogP contribution in [-0.2, 0) is 11.2 Å². The van der Waals surface area contributed by atoms with Gasteiger partial charge in [-0.3, -0.25) is 4.79 Å². The molecule has 0 bridgehead atoms. The lowest BCUT2D eigenvalue weighted by Gasteiger charge is -2.37. The summed E-state index contributed by atoms with van der Waals surface area (Å²) in [6, 6.07) is 12.3. The highest BCUT2D eigenvalue weighted by Crippen LogP contribution is 2.39. The highest BCUT2D eigenvalue weighted by molar-refractivity contribution is 7.16. The zero-order valence-electron chi connectivity index (χ0n) is 22.5. The first-order valence-electron chi connectivity index (χ1n) is 13.0. The summed E-state index contributed by atoms with van der Waals surface area (Å²) in [6.45, 7) is 5.49. The van der Waals surface area contributed by atoms with Crippen LogP contribution in [0, 0.1) is 24.1 Å². The van der Waals surface area contributed by atoms with Crippen LogP contribution in [0.5, 0.6) is 0 Å². The zero-order valence-corrected chi connectivity index (χ0v) is 23.3. The Labute approximate surface area is 235 Å². The maximum Gasteiger partial charge on any atom is 0.253 e. The molecule has 4 heterocycles. The van der Waals surface area contributed by atoms with E-state index < -0.39 is 18.6 Å². The van der Waals surface area contributed by atoms with E-state index in [0.717, 1.165) is 28.3 Å². The average molecular weight is 564 g/mol. The number of pyridine rings is 1. The minimum Gasteiger partial charge on any atom is -0.393 e. The number of anilines is 3. The molecule has 0 unspecified atom stereocenters. The normalized spacial score (nSPS) is 14.4. The number of rotatable bonds is 7. The van der Waals surface area contributed by atoms with Gasteiger partial charge in [-0.2, -0.15) is 10.4 Å². The van der Waals surface area contributed by atoms with Gasteiger partial charge in [-0.15, -0.1) is 0 Å². The first kappa shape index (κ1) is 27.5. The molecule has 1 amide bonds. The second kappa shape index (κ2) is 11.2. The summed E-state index contributed by atoms with van der Waals surface area (Å²) in [6.07, 6.45) is -0.704. The molecule has 1 atom stereocenters. The topological polar surface area (TPSA) is 121 Å². The van der Waals surface area contributed by atoms with Crippen LogP contribution in [0.2, 0.25) is 0 Å². The fraction of sp³-hybridized carbons (Fsp3) is 0.357. The van der Waals surface area contributed by atoms with Crippen molar-refractivity contribution in [2.75, 3.05) is 49.6 Å². The number of hydrogen-bond donors (Lipinski definition) is 2. The van der Waals surface area contributed by atoms with Gasteiger partial charge in [0.2, 0.25) is 0 Å². The molecule has 1 aliphatic heterocycles. The Hall–Kier alpha value is -4.05. The highest BCUT2D eigenvalue weighted by Gasteiger charge is 2.27. The van der Waals surface area contributed by atoms with E-state index in [1.807, 2.05) is 30.3 Å². The van der Waals surface area contributed by atoms with Gasteiger partial charge in [0.1, 0.15) is 22.5 Å². The van der Waals surface area contributed by atoms with Crippen molar-refractivity contribution in [3.63, 3.8) is 0 Å². The molecule has 1 saturated heterocycles. The zero-order chi connectivity index (χ0) is 28.6. The number of aromatic nitrogens is 3. The number of aryl methyl sites for hydroxylation is 2. The molecule has 12 heteroatoms. The molecule has 40 heavy (non-hydrogen) atoms. The Bertz CT molecular complexity index is 1590. The third-order valence-corrected chi connectivity index (χ3v) is 8.18. The predicted octanol–water partition coefficient (Wildman–Crippen LogP) is 3.11. The predicted molar refractivity (Wildman–Crippen MR) is 151 cm³/mol. The highest BCUT2D eigenvalue weighted by atomic mass is 32.1. The van der Waals surface area contributed by atoms with Crippen molar-refractivity contribution in [3.05, 3.63) is 58.5 Å². The quantitative estimate of drug-likeness (QED) is 0.352. The van der Waals surface area contributed by atoms with Crippen molar-refractivity contribution in [2.24, 2.45) is 0 Å². The molecule has 0 radical (unpaired) electrons. The number of benzene rings is 1. The molecule has 1 aliphatic rings. The molecule has 0 spiro atoms. The van der Waals surface area contributed by atoms with Crippen LogP contribution in [0.1, 0.15) is 23.2 Å². The molecular formula is C28H30FN7O3S. The Morgan fingerprint density at radius 3 is 2.55 bits per heavy atom. The molecule has 4 aromatic rings. The molecule has 5 rings (SSSR count). The van der Waals surface area contributed by atoms with Crippen molar-refractivity contribution in [2.45, 2.75) is 26.4 Å². The number of halogens is 1. The summed E-state index contributed by atoms with van der Waals surface area (Å²) in [5.41, 5.74) is 5.77. The van der Waals surface area contributed by atoms with Crippen LogP contribution < -0.4 is 9.80 Å². The summed E-state index contributed by atoms with van der Waals surface area (Å²) < 4.78 is 15.4. The minimum absolute atomic E-state index is 0.351. The van der Waals surface area contributed by atoms with Crippen LogP contribution in [0.15, 0.2) is 36.4 Å². The van der Waals surface area contributed by atoms with Crippen LogP contribution in [-0.4, -0.2) is 81.6 Å². The largest absolute Gasteiger partial charge is 0.393 e. The van der Waals surface area contributed by atoms with Gasteiger partial charge >= 0.3 is 0 Å². The number of aliphatic hydroxyl groups is 2. The fourth-order valence-electron chi connectivity index (χ4n) is 5.01. The number of nitriles is 1. The van der Waals surface area contributed by atoms with Crippen molar-refractivity contribution in [1.29, 1.82) is 5.26 Å². The third kappa shape index (κ3) is 4.99. The number of thiazole rings is 1. The van der Waals surface area contributed by atoms with Gasteiger partial charge in [-0.1, -0.05) is 18.3 Å². The Balaban J connectivity index is 1.49. The van der Waals surface area contributed by atoms with E-state index in [9.17, 15) is 19.6 Å². The summed E-state index contributed by atoms with van der Waals surface area (Å²) in [5.74, 6) is -0.808. The third-order valence-electron chi connectivity index (χ3n) is 7.15. The summed E-state index contributed by atoms with van der Waals surface area (Å²) in [4.78, 5) is 23.2. The monoisotopic (exact) mass is 563 g/mol. The number of carbonyl (C=O) groups excluding carboxylic acids is 1. The van der Waals surface area contributed by atoms with E-state index in [0.29, 0.717) is 53.9 Å². The van der Waals surface area contributed by atoms with Crippen LogP contribution in [0.25, 0.3) is 16.8 Å². The first-order valence-corrected chi connectivity index (χ1v) is 13.8. The fourth-order valence-corrected chi connectivity index (χ4v) is 5.87. The molecule has 2 N–H and O–H groups in total. The Morgan fingerprint density at radius 2 is 1.93 bits per heavy atom. The lowest BCUT2D eigenvalue weighted by molar-refractivity contribution is -0.142. The molecule has 1 fully saturated rings. The van der Waals surface area contributed by atoms with Crippen LogP contribution in [0.4, 0.5) is 20.9 Å². The standard InChI is InChI=1S/C28H30FN7O3S/c1-4-21-26(33(3)28-31-25(24(15-30)40-28)18-5-7-19(29)8-6-18)22-14-20(13-17(2)36(22)32-21)34-9-11-35(12-10-34)27(39)23(38)16-37/h5-8,13-14,23,37-38H,4,9-12,16H2,1-3H3/t23-/m1/s1. The molecule has 3 aromatic heterocycles. The van der Waals surface area contributed by atoms with E-state index in [-0.39, 0.29) is 5.82 Å². The van der Waals surface area contributed by atoms with Gasteiger partial charge in [-0.25, -0.2) is 13.9 Å². The molecular weight excluding hydrogens is 533 g/mol. The molecule has 1 aromatic carbocycles. The van der Waals surface area contributed by atoms with E-state index in [2.05, 4.69) is 23.1 Å². The number of piperazine rings is 1. The van der Waals surface area contributed by atoms with Crippen LogP contribution in [0.3, 0.4) is 0 Å². The number of fused-ring (bicyclic) bond motifs is 1. The van der Waals surface area contributed by atoms with Gasteiger partial charge in [0, 0.05) is 50.2 Å². The van der Waals surface area contributed by atoms with Crippen molar-refractivity contribution in [3.8, 4) is 17.3 Å². The van der Waals surface area contributed by atoms with Crippen LogP contribution >= 0.6 is 11.3 Å². The number of nitrogens with zero attached hydrogens (tertiary/aromatic N) is 7. The molecule has 0 aliphatic carbocycles. The number of aliphatic hydroxyl groups excluding tert-OH is 2. The molecule has 10 nitrogen and oxygen atoms in total. The minimum atomic E-state index is -1.39.